The van der Waals surface area contributed by atoms with Crippen LogP contribution in [0.15, 0.2) is 0 Å². The first kappa shape index (κ1) is 9.98. The van der Waals surface area contributed by atoms with Gasteiger partial charge in [-0.25, -0.2) is 4.98 Å². The van der Waals surface area contributed by atoms with Crippen LogP contribution in [-0.4, -0.2) is 32.2 Å². The van der Waals surface area contributed by atoms with E-state index in [-0.39, 0.29) is 0 Å². The summed E-state index contributed by atoms with van der Waals surface area (Å²) in [6.45, 7) is 4.98. The molecule has 2 unspecified atom stereocenters. The van der Waals surface area contributed by atoms with E-state index in [2.05, 4.69) is 27.4 Å². The van der Waals surface area contributed by atoms with Crippen molar-refractivity contribution >= 4 is 11.8 Å². The summed E-state index contributed by atoms with van der Waals surface area (Å²) in [5, 5.41) is 11.2. The number of hydrogen-bond acceptors (Lipinski definition) is 4. The van der Waals surface area contributed by atoms with E-state index >= 15 is 0 Å². The van der Waals surface area contributed by atoms with E-state index in [0.29, 0.717) is 6.04 Å². The van der Waals surface area contributed by atoms with Gasteiger partial charge in [-0.3, -0.25) is 5.10 Å². The van der Waals surface area contributed by atoms with Gasteiger partial charge in [-0.1, -0.05) is 6.92 Å². The van der Waals surface area contributed by atoms with Crippen molar-refractivity contribution < 1.29 is 0 Å². The molecule has 2 heterocycles. The number of H-pyrrole nitrogens is 1. The van der Waals surface area contributed by atoms with Crippen LogP contribution in [0.1, 0.15) is 25.0 Å². The van der Waals surface area contributed by atoms with E-state index in [1.165, 1.54) is 12.2 Å². The first-order valence-electron chi connectivity index (χ1n) is 4.98. The summed E-state index contributed by atoms with van der Waals surface area (Å²) in [6, 6.07) is 0.624. The number of thioether (sulfide) groups is 1. The molecular formula is C9H16N4S. The lowest BCUT2D eigenvalue weighted by Gasteiger charge is -2.14. The van der Waals surface area contributed by atoms with E-state index < -0.39 is 0 Å². The third-order valence-electron chi connectivity index (χ3n) is 2.54. The van der Waals surface area contributed by atoms with Gasteiger partial charge in [0.1, 0.15) is 5.82 Å². The normalized spacial score (nSPS) is 27.0. The van der Waals surface area contributed by atoms with Crippen LogP contribution in [0.5, 0.6) is 0 Å². The lowest BCUT2D eigenvalue weighted by Crippen LogP contribution is -2.33. The van der Waals surface area contributed by atoms with Gasteiger partial charge in [-0.15, -0.1) is 0 Å². The van der Waals surface area contributed by atoms with Gasteiger partial charge < -0.3 is 5.32 Å². The van der Waals surface area contributed by atoms with E-state index in [4.69, 9.17) is 0 Å². The van der Waals surface area contributed by atoms with Gasteiger partial charge in [-0.05, 0) is 19.1 Å². The second-order valence-corrected chi connectivity index (χ2v) is 5.17. The summed E-state index contributed by atoms with van der Waals surface area (Å²) >= 11 is 2.03. The summed E-state index contributed by atoms with van der Waals surface area (Å²) in [7, 11) is 0. The summed E-state index contributed by atoms with van der Waals surface area (Å²) < 4.78 is 0. The Morgan fingerprint density at radius 3 is 3.07 bits per heavy atom. The number of rotatable bonds is 3. The highest BCUT2D eigenvalue weighted by molar-refractivity contribution is 8.00. The maximum atomic E-state index is 4.26. The highest BCUT2D eigenvalue weighted by atomic mass is 32.2. The Kier molecular flexibility index (Phi) is 3.08. The average Bonchev–Trinajstić information content (AvgIpc) is 2.72. The van der Waals surface area contributed by atoms with Gasteiger partial charge in [0.15, 0.2) is 5.82 Å². The molecule has 14 heavy (non-hydrogen) atoms. The second kappa shape index (κ2) is 4.31. The molecule has 2 atom stereocenters. The van der Waals surface area contributed by atoms with Crippen LogP contribution < -0.4 is 5.32 Å². The molecule has 0 aromatic carbocycles. The highest BCUT2D eigenvalue weighted by Crippen LogP contribution is 2.26. The molecule has 2 rings (SSSR count). The average molecular weight is 212 g/mol. The molecule has 1 saturated heterocycles. The van der Waals surface area contributed by atoms with Crippen molar-refractivity contribution in [3.63, 3.8) is 0 Å². The van der Waals surface area contributed by atoms with Crippen molar-refractivity contribution in [3.05, 3.63) is 11.6 Å². The molecule has 1 aromatic rings. The van der Waals surface area contributed by atoms with Gasteiger partial charge in [0.05, 0.1) is 6.54 Å². The van der Waals surface area contributed by atoms with E-state index in [1.807, 2.05) is 18.7 Å². The minimum absolute atomic E-state index is 0.624. The van der Waals surface area contributed by atoms with Crippen molar-refractivity contribution in [1.29, 1.82) is 0 Å². The van der Waals surface area contributed by atoms with Crippen molar-refractivity contribution in [2.75, 3.05) is 5.75 Å². The molecule has 0 amide bonds. The molecule has 1 aliphatic rings. The lowest BCUT2D eigenvalue weighted by atomic mass is 10.2. The summed E-state index contributed by atoms with van der Waals surface area (Å²) in [5.74, 6) is 3.02. The van der Waals surface area contributed by atoms with E-state index in [1.54, 1.807) is 0 Å². The molecule has 1 aliphatic heterocycles. The molecule has 5 heteroatoms. The quantitative estimate of drug-likeness (QED) is 0.787. The first-order chi connectivity index (χ1) is 6.75. The van der Waals surface area contributed by atoms with Crippen LogP contribution >= 0.6 is 11.8 Å². The molecule has 0 aliphatic carbocycles. The maximum absolute atomic E-state index is 4.26. The predicted octanol–water partition coefficient (Wildman–Crippen LogP) is 1.10. The number of hydrogen-bond donors (Lipinski definition) is 2. The van der Waals surface area contributed by atoms with Gasteiger partial charge in [0.25, 0.3) is 0 Å². The van der Waals surface area contributed by atoms with E-state index in [9.17, 15) is 0 Å². The zero-order valence-electron chi connectivity index (χ0n) is 8.58. The molecule has 2 N–H and O–H groups in total. The molecule has 0 radical (unpaired) electrons. The Morgan fingerprint density at radius 2 is 2.50 bits per heavy atom. The van der Waals surface area contributed by atoms with Gasteiger partial charge in [-0.2, -0.15) is 16.9 Å². The number of aromatic amines is 1. The largest absolute Gasteiger partial charge is 0.306 e. The van der Waals surface area contributed by atoms with Crippen LogP contribution in [0, 0.1) is 6.92 Å². The molecule has 4 nitrogen and oxygen atoms in total. The van der Waals surface area contributed by atoms with Crippen LogP contribution in [-0.2, 0) is 6.54 Å². The number of nitrogens with zero attached hydrogens (tertiary/aromatic N) is 2. The van der Waals surface area contributed by atoms with Crippen LogP contribution in [0.2, 0.25) is 0 Å². The summed E-state index contributed by atoms with van der Waals surface area (Å²) in [5.41, 5.74) is 0. The Labute approximate surface area is 88.3 Å². The Bertz CT molecular complexity index is 299. The van der Waals surface area contributed by atoms with Crippen molar-refractivity contribution in [2.24, 2.45) is 0 Å². The smallest absolute Gasteiger partial charge is 0.164 e. The van der Waals surface area contributed by atoms with Crippen LogP contribution in [0.3, 0.4) is 0 Å². The molecule has 1 aromatic heterocycles. The predicted molar refractivity (Wildman–Crippen MR) is 58.3 cm³/mol. The lowest BCUT2D eigenvalue weighted by molar-refractivity contribution is 0.504. The van der Waals surface area contributed by atoms with E-state index in [0.717, 1.165) is 23.4 Å². The summed E-state index contributed by atoms with van der Waals surface area (Å²) in [6.07, 6.45) is 1.26. The molecule has 0 saturated carbocycles. The highest BCUT2D eigenvalue weighted by Gasteiger charge is 2.23. The first-order valence-corrected chi connectivity index (χ1v) is 6.03. The van der Waals surface area contributed by atoms with Crippen LogP contribution in [0.25, 0.3) is 0 Å². The molecular weight excluding hydrogens is 196 g/mol. The zero-order valence-corrected chi connectivity index (χ0v) is 9.40. The third-order valence-corrected chi connectivity index (χ3v) is 3.87. The van der Waals surface area contributed by atoms with Gasteiger partial charge >= 0.3 is 0 Å². The minimum atomic E-state index is 0.624. The second-order valence-electron chi connectivity index (χ2n) is 3.69. The fraction of sp³-hybridized carbons (Fsp3) is 0.778. The Hall–Kier alpha value is -0.550. The third kappa shape index (κ3) is 2.27. The summed E-state index contributed by atoms with van der Waals surface area (Å²) in [4.78, 5) is 4.26. The molecule has 0 spiro atoms. The van der Waals surface area contributed by atoms with Gasteiger partial charge in [0.2, 0.25) is 0 Å². The monoisotopic (exact) mass is 212 g/mol. The van der Waals surface area contributed by atoms with Crippen molar-refractivity contribution in [3.8, 4) is 0 Å². The topological polar surface area (TPSA) is 53.6 Å². The SMILES string of the molecule is Cc1nc(CNC2CCSC2C)n[nH]1. The number of aryl methyl sites for hydroxylation is 1. The fourth-order valence-corrected chi connectivity index (χ4v) is 2.92. The number of nitrogens with one attached hydrogen (secondary N) is 2. The Morgan fingerprint density at radius 1 is 1.64 bits per heavy atom. The molecule has 1 fully saturated rings. The van der Waals surface area contributed by atoms with Crippen LogP contribution in [0.4, 0.5) is 0 Å². The Balaban J connectivity index is 1.82. The maximum Gasteiger partial charge on any atom is 0.164 e. The van der Waals surface area contributed by atoms with Crippen molar-refractivity contribution in [2.45, 2.75) is 38.1 Å². The molecule has 78 valence electrons. The zero-order chi connectivity index (χ0) is 9.97. The number of aromatic nitrogens is 3. The van der Waals surface area contributed by atoms with Crippen molar-refractivity contribution in [1.82, 2.24) is 20.5 Å². The van der Waals surface area contributed by atoms with Gasteiger partial charge in [0, 0.05) is 11.3 Å². The molecule has 0 bridgehead atoms. The minimum Gasteiger partial charge on any atom is -0.306 e. The fourth-order valence-electron chi connectivity index (χ4n) is 1.69. The standard InChI is InChI=1S/C9H16N4S/c1-6-8(3-4-14-6)10-5-9-11-7(2)12-13-9/h6,8,10H,3-5H2,1-2H3,(H,11,12,13).